The SMILES string of the molecule is Nc1ccn(CCOCC(F)F)n1. The van der Waals surface area contributed by atoms with Gasteiger partial charge in [0.05, 0.1) is 13.2 Å². The molecule has 0 atom stereocenters. The summed E-state index contributed by atoms with van der Waals surface area (Å²) in [5.74, 6) is 0.411. The van der Waals surface area contributed by atoms with Crippen LogP contribution in [0.1, 0.15) is 0 Å². The molecule has 0 aliphatic rings. The first-order valence-corrected chi connectivity index (χ1v) is 3.83. The van der Waals surface area contributed by atoms with Gasteiger partial charge in [-0.05, 0) is 6.07 Å². The van der Waals surface area contributed by atoms with Gasteiger partial charge < -0.3 is 10.5 Å². The molecule has 0 aliphatic carbocycles. The Hall–Kier alpha value is -1.17. The van der Waals surface area contributed by atoms with Gasteiger partial charge in [-0.2, -0.15) is 5.10 Å². The molecular formula is C7H11F2N3O. The zero-order chi connectivity index (χ0) is 9.68. The number of aromatic nitrogens is 2. The Labute approximate surface area is 74.3 Å². The molecular weight excluding hydrogens is 180 g/mol. The lowest BCUT2D eigenvalue weighted by atomic mass is 10.6. The normalized spacial score (nSPS) is 11.0. The predicted octanol–water partition coefficient (Wildman–Crippen LogP) is 0.747. The third kappa shape index (κ3) is 3.84. The third-order valence-electron chi connectivity index (χ3n) is 1.37. The Kier molecular flexibility index (Phi) is 3.63. The van der Waals surface area contributed by atoms with Crippen LogP contribution in [0.2, 0.25) is 0 Å². The van der Waals surface area contributed by atoms with Gasteiger partial charge in [0.1, 0.15) is 12.4 Å². The van der Waals surface area contributed by atoms with Gasteiger partial charge in [-0.25, -0.2) is 8.78 Å². The van der Waals surface area contributed by atoms with Crippen molar-refractivity contribution in [2.24, 2.45) is 0 Å². The highest BCUT2D eigenvalue weighted by atomic mass is 19.3. The van der Waals surface area contributed by atoms with Crippen molar-refractivity contribution in [1.29, 1.82) is 0 Å². The van der Waals surface area contributed by atoms with Crippen molar-refractivity contribution in [3.8, 4) is 0 Å². The molecule has 0 spiro atoms. The number of halogens is 2. The van der Waals surface area contributed by atoms with Gasteiger partial charge in [0.2, 0.25) is 0 Å². The van der Waals surface area contributed by atoms with E-state index in [1.807, 2.05) is 0 Å². The van der Waals surface area contributed by atoms with Crippen LogP contribution in [0.3, 0.4) is 0 Å². The van der Waals surface area contributed by atoms with Gasteiger partial charge in [-0.3, -0.25) is 4.68 Å². The second-order valence-corrected chi connectivity index (χ2v) is 2.47. The molecule has 0 amide bonds. The van der Waals surface area contributed by atoms with E-state index >= 15 is 0 Å². The molecule has 0 aliphatic heterocycles. The molecule has 13 heavy (non-hydrogen) atoms. The highest BCUT2D eigenvalue weighted by Crippen LogP contribution is 1.96. The van der Waals surface area contributed by atoms with Crippen LogP contribution in [0, 0.1) is 0 Å². The molecule has 1 aromatic heterocycles. The Bertz CT molecular complexity index is 252. The zero-order valence-corrected chi connectivity index (χ0v) is 6.99. The number of nitrogen functional groups attached to an aromatic ring is 1. The fourth-order valence-corrected chi connectivity index (χ4v) is 0.832. The molecule has 0 radical (unpaired) electrons. The standard InChI is InChI=1S/C7H11F2N3O/c8-6(9)5-13-4-3-12-2-1-7(10)11-12/h1-2,6H,3-5H2,(H2,10,11). The van der Waals surface area contributed by atoms with E-state index in [1.54, 1.807) is 16.9 Å². The summed E-state index contributed by atoms with van der Waals surface area (Å²) in [6.45, 7) is 0.117. The van der Waals surface area contributed by atoms with Crippen molar-refractivity contribution < 1.29 is 13.5 Å². The van der Waals surface area contributed by atoms with Gasteiger partial charge >= 0.3 is 0 Å². The molecule has 1 aromatic rings. The number of alkyl halides is 2. The highest BCUT2D eigenvalue weighted by Gasteiger charge is 2.01. The molecule has 2 N–H and O–H groups in total. The first kappa shape index (κ1) is 9.91. The Morgan fingerprint density at radius 3 is 2.92 bits per heavy atom. The van der Waals surface area contributed by atoms with Crippen LogP contribution in [0.5, 0.6) is 0 Å². The average molecular weight is 191 g/mol. The van der Waals surface area contributed by atoms with E-state index in [0.717, 1.165) is 0 Å². The topological polar surface area (TPSA) is 53.1 Å². The van der Waals surface area contributed by atoms with Gasteiger partial charge in [0.25, 0.3) is 6.43 Å². The quantitative estimate of drug-likeness (QED) is 0.698. The molecule has 1 heterocycles. The summed E-state index contributed by atoms with van der Waals surface area (Å²) in [6, 6.07) is 1.63. The maximum atomic E-state index is 11.6. The van der Waals surface area contributed by atoms with Crippen molar-refractivity contribution >= 4 is 5.82 Å². The predicted molar refractivity (Wildman–Crippen MR) is 43.5 cm³/mol. The monoisotopic (exact) mass is 191 g/mol. The lowest BCUT2D eigenvalue weighted by Gasteiger charge is -2.02. The number of hydrogen-bond acceptors (Lipinski definition) is 3. The molecule has 0 fully saturated rings. The summed E-state index contributed by atoms with van der Waals surface area (Å²) < 4.78 is 29.4. The van der Waals surface area contributed by atoms with E-state index in [0.29, 0.717) is 12.4 Å². The van der Waals surface area contributed by atoms with Gasteiger partial charge in [-0.1, -0.05) is 0 Å². The molecule has 0 saturated carbocycles. The van der Waals surface area contributed by atoms with Gasteiger partial charge in [-0.15, -0.1) is 0 Å². The first-order chi connectivity index (χ1) is 6.18. The summed E-state index contributed by atoms with van der Waals surface area (Å²) in [4.78, 5) is 0. The molecule has 1 rings (SSSR count). The van der Waals surface area contributed by atoms with Crippen molar-refractivity contribution in [3.63, 3.8) is 0 Å². The fourth-order valence-electron chi connectivity index (χ4n) is 0.832. The number of rotatable bonds is 5. The van der Waals surface area contributed by atoms with Crippen LogP contribution < -0.4 is 5.73 Å². The minimum Gasteiger partial charge on any atom is -0.382 e. The maximum Gasteiger partial charge on any atom is 0.261 e. The number of hydrogen-bond donors (Lipinski definition) is 1. The molecule has 0 unspecified atom stereocenters. The van der Waals surface area contributed by atoms with E-state index in [2.05, 4.69) is 9.84 Å². The van der Waals surface area contributed by atoms with Crippen LogP contribution >= 0.6 is 0 Å². The van der Waals surface area contributed by atoms with Crippen molar-refractivity contribution in [2.75, 3.05) is 18.9 Å². The summed E-state index contributed by atoms with van der Waals surface area (Å²) in [6.07, 6.45) is -0.746. The number of nitrogens with zero attached hydrogens (tertiary/aromatic N) is 2. The molecule has 6 heteroatoms. The Morgan fingerprint density at radius 1 is 1.62 bits per heavy atom. The van der Waals surface area contributed by atoms with Crippen LogP contribution in [-0.2, 0) is 11.3 Å². The molecule has 0 bridgehead atoms. The summed E-state index contributed by atoms with van der Waals surface area (Å²) >= 11 is 0. The van der Waals surface area contributed by atoms with Crippen LogP contribution in [0.4, 0.5) is 14.6 Å². The number of ether oxygens (including phenoxy) is 1. The van der Waals surface area contributed by atoms with E-state index in [1.165, 1.54) is 0 Å². The molecule has 4 nitrogen and oxygen atoms in total. The van der Waals surface area contributed by atoms with Crippen molar-refractivity contribution in [2.45, 2.75) is 13.0 Å². The second-order valence-electron chi connectivity index (χ2n) is 2.47. The maximum absolute atomic E-state index is 11.6. The largest absolute Gasteiger partial charge is 0.382 e. The smallest absolute Gasteiger partial charge is 0.261 e. The third-order valence-corrected chi connectivity index (χ3v) is 1.37. The summed E-state index contributed by atoms with van der Waals surface area (Å²) in [7, 11) is 0. The second kappa shape index (κ2) is 4.76. The van der Waals surface area contributed by atoms with E-state index in [4.69, 9.17) is 5.73 Å². The molecule has 74 valence electrons. The first-order valence-electron chi connectivity index (χ1n) is 3.83. The minimum atomic E-state index is -2.41. The molecule has 0 saturated heterocycles. The minimum absolute atomic E-state index is 0.214. The summed E-state index contributed by atoms with van der Waals surface area (Å²) in [5.41, 5.74) is 5.34. The van der Waals surface area contributed by atoms with E-state index < -0.39 is 13.0 Å². The number of nitrogens with two attached hydrogens (primary N) is 1. The van der Waals surface area contributed by atoms with Crippen molar-refractivity contribution in [3.05, 3.63) is 12.3 Å². The van der Waals surface area contributed by atoms with E-state index in [9.17, 15) is 8.78 Å². The summed E-state index contributed by atoms with van der Waals surface area (Å²) in [5, 5.41) is 3.85. The van der Waals surface area contributed by atoms with Gasteiger partial charge in [0, 0.05) is 6.20 Å². The Balaban J connectivity index is 2.13. The molecule has 0 aromatic carbocycles. The van der Waals surface area contributed by atoms with E-state index in [-0.39, 0.29) is 6.61 Å². The lowest BCUT2D eigenvalue weighted by molar-refractivity contribution is 0.0140. The average Bonchev–Trinajstić information content (AvgIpc) is 2.45. The number of anilines is 1. The van der Waals surface area contributed by atoms with Crippen LogP contribution in [-0.4, -0.2) is 29.4 Å². The fraction of sp³-hybridized carbons (Fsp3) is 0.571. The lowest BCUT2D eigenvalue weighted by Crippen LogP contribution is -2.11. The van der Waals surface area contributed by atoms with Gasteiger partial charge in [0.15, 0.2) is 0 Å². The van der Waals surface area contributed by atoms with Crippen LogP contribution in [0.15, 0.2) is 12.3 Å². The zero-order valence-electron chi connectivity index (χ0n) is 6.99. The highest BCUT2D eigenvalue weighted by molar-refractivity contribution is 5.23. The Morgan fingerprint density at radius 2 is 2.38 bits per heavy atom. The van der Waals surface area contributed by atoms with Crippen molar-refractivity contribution in [1.82, 2.24) is 9.78 Å². The van der Waals surface area contributed by atoms with Crippen LogP contribution in [0.25, 0.3) is 0 Å².